The summed E-state index contributed by atoms with van der Waals surface area (Å²) in [5.41, 5.74) is 0. The summed E-state index contributed by atoms with van der Waals surface area (Å²) in [7, 11) is 1.55. The molecule has 7 heteroatoms. The summed E-state index contributed by atoms with van der Waals surface area (Å²) >= 11 is 0. The molecular formula is C12H17N3O4. The number of nitrogens with zero attached hydrogens (tertiary/aromatic N) is 1. The number of carbonyl (C=O) groups excluding carboxylic acids is 4. The lowest BCUT2D eigenvalue weighted by Crippen LogP contribution is -2.35. The Labute approximate surface area is 111 Å². The lowest BCUT2D eigenvalue weighted by molar-refractivity contribution is -0.137. The first kappa shape index (κ1) is 14.9. The summed E-state index contributed by atoms with van der Waals surface area (Å²) in [6, 6.07) is 0. The van der Waals surface area contributed by atoms with Crippen LogP contribution in [0.2, 0.25) is 0 Å². The summed E-state index contributed by atoms with van der Waals surface area (Å²) in [5, 5.41) is 5.11. The minimum absolute atomic E-state index is 0.0686. The zero-order chi connectivity index (χ0) is 14.3. The van der Waals surface area contributed by atoms with Crippen LogP contribution in [0.4, 0.5) is 0 Å². The van der Waals surface area contributed by atoms with E-state index >= 15 is 0 Å². The number of carbonyl (C=O) groups is 4. The second-order valence-corrected chi connectivity index (χ2v) is 4.04. The molecule has 19 heavy (non-hydrogen) atoms. The highest BCUT2D eigenvalue weighted by atomic mass is 16.2. The molecule has 0 unspecified atom stereocenters. The standard InChI is InChI=1S/C12H17N3O4/c1-13-9(16)3-2-7-14-10(17)6-8-15-11(18)4-5-12(15)19/h4-5H,2-3,6-8H2,1H3,(H,13,16)(H,14,17). The van der Waals surface area contributed by atoms with Crippen LogP contribution in [0.5, 0.6) is 0 Å². The maximum absolute atomic E-state index is 11.4. The van der Waals surface area contributed by atoms with Crippen LogP contribution < -0.4 is 10.6 Å². The fourth-order valence-corrected chi connectivity index (χ4v) is 1.56. The molecule has 7 nitrogen and oxygen atoms in total. The van der Waals surface area contributed by atoms with Crippen molar-refractivity contribution in [2.45, 2.75) is 19.3 Å². The Balaban J connectivity index is 2.13. The van der Waals surface area contributed by atoms with Gasteiger partial charge in [-0.25, -0.2) is 0 Å². The Hall–Kier alpha value is -2.18. The zero-order valence-corrected chi connectivity index (χ0v) is 10.8. The van der Waals surface area contributed by atoms with Crippen LogP contribution in [-0.2, 0) is 19.2 Å². The fraction of sp³-hybridized carbons (Fsp3) is 0.500. The lowest BCUT2D eigenvalue weighted by Gasteiger charge is -2.13. The Kier molecular flexibility index (Phi) is 5.72. The highest BCUT2D eigenvalue weighted by Crippen LogP contribution is 2.03. The first-order chi connectivity index (χ1) is 9.04. The molecule has 0 spiro atoms. The minimum Gasteiger partial charge on any atom is -0.359 e. The van der Waals surface area contributed by atoms with Gasteiger partial charge in [-0.05, 0) is 6.42 Å². The monoisotopic (exact) mass is 267 g/mol. The molecule has 1 aliphatic heterocycles. The summed E-state index contributed by atoms with van der Waals surface area (Å²) in [5.74, 6) is -1.10. The van der Waals surface area contributed by atoms with Gasteiger partial charge in [0.15, 0.2) is 0 Å². The SMILES string of the molecule is CNC(=O)CCCNC(=O)CCN1C(=O)C=CC1=O. The van der Waals surface area contributed by atoms with Gasteiger partial charge in [0.05, 0.1) is 0 Å². The molecule has 104 valence electrons. The maximum Gasteiger partial charge on any atom is 0.253 e. The normalized spacial score (nSPS) is 13.8. The molecule has 0 fully saturated rings. The number of nitrogens with one attached hydrogen (secondary N) is 2. The number of hydrogen-bond acceptors (Lipinski definition) is 4. The number of amides is 4. The van der Waals surface area contributed by atoms with E-state index in [4.69, 9.17) is 0 Å². The van der Waals surface area contributed by atoms with Crippen molar-refractivity contribution < 1.29 is 19.2 Å². The molecule has 0 aliphatic carbocycles. The van der Waals surface area contributed by atoms with Crippen LogP contribution in [0.15, 0.2) is 12.2 Å². The van der Waals surface area contributed by atoms with Crippen LogP contribution in [0.1, 0.15) is 19.3 Å². The van der Waals surface area contributed by atoms with Crippen LogP contribution in [0, 0.1) is 0 Å². The van der Waals surface area contributed by atoms with Crippen LogP contribution >= 0.6 is 0 Å². The Morgan fingerprint density at radius 3 is 2.32 bits per heavy atom. The van der Waals surface area contributed by atoms with Gasteiger partial charge >= 0.3 is 0 Å². The van der Waals surface area contributed by atoms with Crippen molar-refractivity contribution in [2.24, 2.45) is 0 Å². The molecular weight excluding hydrogens is 250 g/mol. The third-order valence-electron chi connectivity index (χ3n) is 2.64. The molecule has 1 rings (SSSR count). The predicted molar refractivity (Wildman–Crippen MR) is 66.8 cm³/mol. The van der Waals surface area contributed by atoms with Crippen molar-refractivity contribution in [1.82, 2.24) is 15.5 Å². The average Bonchev–Trinajstić information content (AvgIpc) is 2.71. The summed E-state index contributed by atoms with van der Waals surface area (Å²) in [6.45, 7) is 0.471. The van der Waals surface area contributed by atoms with Gasteiger partial charge in [-0.2, -0.15) is 0 Å². The predicted octanol–water partition coefficient (Wildman–Crippen LogP) is -1.06. The van der Waals surface area contributed by atoms with Crippen molar-refractivity contribution in [3.63, 3.8) is 0 Å². The van der Waals surface area contributed by atoms with Gasteiger partial charge in [0.2, 0.25) is 11.8 Å². The molecule has 1 heterocycles. The molecule has 0 saturated heterocycles. The van der Waals surface area contributed by atoms with E-state index in [2.05, 4.69) is 10.6 Å². The van der Waals surface area contributed by atoms with E-state index < -0.39 is 11.8 Å². The molecule has 0 bridgehead atoms. The first-order valence-electron chi connectivity index (χ1n) is 6.05. The number of rotatable bonds is 7. The van der Waals surface area contributed by atoms with Crippen LogP contribution in [0.3, 0.4) is 0 Å². The van der Waals surface area contributed by atoms with Crippen molar-refractivity contribution in [2.75, 3.05) is 20.1 Å². The molecule has 0 aromatic carbocycles. The van der Waals surface area contributed by atoms with Gasteiger partial charge in [0.25, 0.3) is 11.8 Å². The second kappa shape index (κ2) is 7.30. The Morgan fingerprint density at radius 2 is 1.74 bits per heavy atom. The first-order valence-corrected chi connectivity index (χ1v) is 6.05. The lowest BCUT2D eigenvalue weighted by atomic mass is 10.3. The fourth-order valence-electron chi connectivity index (χ4n) is 1.56. The van der Waals surface area contributed by atoms with Crippen molar-refractivity contribution in [3.8, 4) is 0 Å². The molecule has 0 aromatic rings. The smallest absolute Gasteiger partial charge is 0.253 e. The van der Waals surface area contributed by atoms with Crippen molar-refractivity contribution >= 4 is 23.6 Å². The topological polar surface area (TPSA) is 95.6 Å². The Bertz CT molecular complexity index is 399. The van der Waals surface area contributed by atoms with E-state index in [1.165, 1.54) is 12.2 Å². The summed E-state index contributed by atoms with van der Waals surface area (Å²) in [4.78, 5) is 45.8. The Morgan fingerprint density at radius 1 is 1.11 bits per heavy atom. The van der Waals surface area contributed by atoms with E-state index in [0.717, 1.165) is 4.90 Å². The molecule has 2 N–H and O–H groups in total. The third kappa shape index (κ3) is 4.90. The molecule has 0 atom stereocenters. The molecule has 0 radical (unpaired) electrons. The third-order valence-corrected chi connectivity index (χ3v) is 2.64. The van der Waals surface area contributed by atoms with Crippen molar-refractivity contribution in [3.05, 3.63) is 12.2 Å². The van der Waals surface area contributed by atoms with Crippen LogP contribution in [-0.4, -0.2) is 48.7 Å². The number of hydrogen-bond donors (Lipinski definition) is 2. The molecule has 0 aromatic heterocycles. The largest absolute Gasteiger partial charge is 0.359 e. The summed E-state index contributed by atoms with van der Waals surface area (Å²) < 4.78 is 0. The highest BCUT2D eigenvalue weighted by molar-refractivity contribution is 6.13. The zero-order valence-electron chi connectivity index (χ0n) is 10.8. The van der Waals surface area contributed by atoms with E-state index in [1.807, 2.05) is 0 Å². The van der Waals surface area contributed by atoms with Gasteiger partial charge in [-0.1, -0.05) is 0 Å². The van der Waals surface area contributed by atoms with Gasteiger partial charge in [0.1, 0.15) is 0 Å². The minimum atomic E-state index is -0.391. The highest BCUT2D eigenvalue weighted by Gasteiger charge is 2.23. The van der Waals surface area contributed by atoms with Gasteiger partial charge in [-0.3, -0.25) is 24.1 Å². The molecule has 1 aliphatic rings. The average molecular weight is 267 g/mol. The van der Waals surface area contributed by atoms with E-state index in [0.29, 0.717) is 19.4 Å². The number of imide groups is 1. The van der Waals surface area contributed by atoms with Crippen molar-refractivity contribution in [1.29, 1.82) is 0 Å². The van der Waals surface area contributed by atoms with Crippen LogP contribution in [0.25, 0.3) is 0 Å². The van der Waals surface area contributed by atoms with E-state index in [9.17, 15) is 19.2 Å². The second-order valence-electron chi connectivity index (χ2n) is 4.04. The van der Waals surface area contributed by atoms with Gasteiger partial charge in [0, 0.05) is 45.1 Å². The maximum atomic E-state index is 11.4. The van der Waals surface area contributed by atoms with Gasteiger partial charge < -0.3 is 10.6 Å². The molecule has 0 saturated carbocycles. The molecule has 4 amide bonds. The van der Waals surface area contributed by atoms with E-state index in [1.54, 1.807) is 7.05 Å². The van der Waals surface area contributed by atoms with E-state index in [-0.39, 0.29) is 24.8 Å². The quantitative estimate of drug-likeness (QED) is 0.454. The van der Waals surface area contributed by atoms with Gasteiger partial charge in [-0.15, -0.1) is 0 Å². The summed E-state index contributed by atoms with van der Waals surface area (Å²) in [6.07, 6.45) is 3.34.